The second-order valence-corrected chi connectivity index (χ2v) is 5.51. The molecule has 17 heavy (non-hydrogen) atoms. The van der Waals surface area contributed by atoms with Crippen LogP contribution in [0.2, 0.25) is 0 Å². The van der Waals surface area contributed by atoms with E-state index in [9.17, 15) is 13.2 Å². The first-order chi connectivity index (χ1) is 8.05. The first-order valence-corrected chi connectivity index (χ1v) is 6.59. The molecule has 5 heteroatoms. The predicted molar refractivity (Wildman–Crippen MR) is 64.3 cm³/mol. The summed E-state index contributed by atoms with van der Waals surface area (Å²) in [5, 5.41) is 3.81. The molecule has 2 rings (SSSR count). The van der Waals surface area contributed by atoms with Gasteiger partial charge < -0.3 is 5.32 Å². The number of aryl methyl sites for hydroxylation is 1. The van der Waals surface area contributed by atoms with Crippen LogP contribution in [0.3, 0.4) is 0 Å². The van der Waals surface area contributed by atoms with Gasteiger partial charge in [0.1, 0.15) is 0 Å². The Morgan fingerprint density at radius 2 is 2.06 bits per heavy atom. The van der Waals surface area contributed by atoms with E-state index < -0.39 is 11.7 Å². The molecule has 1 saturated heterocycles. The number of benzene rings is 1. The van der Waals surface area contributed by atoms with E-state index in [0.717, 1.165) is 30.5 Å². The van der Waals surface area contributed by atoms with Gasteiger partial charge in [-0.3, -0.25) is 0 Å². The van der Waals surface area contributed by atoms with Gasteiger partial charge in [0.2, 0.25) is 0 Å². The van der Waals surface area contributed by atoms with Gasteiger partial charge in [-0.2, -0.15) is 24.9 Å². The van der Waals surface area contributed by atoms with E-state index in [1.165, 1.54) is 12.1 Å². The Hall–Kier alpha value is -0.680. The fraction of sp³-hybridized carbons (Fsp3) is 0.500. The highest BCUT2D eigenvalue weighted by Crippen LogP contribution is 2.29. The van der Waals surface area contributed by atoms with Crippen LogP contribution in [0.15, 0.2) is 24.3 Å². The predicted octanol–water partition coefficient (Wildman–Crippen LogP) is 2.95. The van der Waals surface area contributed by atoms with Crippen molar-refractivity contribution in [2.75, 3.05) is 18.8 Å². The largest absolute Gasteiger partial charge is 0.416 e. The third-order valence-electron chi connectivity index (χ3n) is 2.74. The first-order valence-electron chi connectivity index (χ1n) is 5.54. The zero-order valence-corrected chi connectivity index (χ0v) is 10.1. The van der Waals surface area contributed by atoms with Crippen molar-refractivity contribution in [3.8, 4) is 0 Å². The fourth-order valence-corrected chi connectivity index (χ4v) is 2.78. The van der Waals surface area contributed by atoms with Crippen LogP contribution in [0.5, 0.6) is 0 Å². The highest BCUT2D eigenvalue weighted by molar-refractivity contribution is 8.00. The molecular formula is C12H14F3NS. The number of thioether (sulfide) groups is 1. The molecule has 1 N–H and O–H groups in total. The molecule has 1 aromatic carbocycles. The molecule has 1 aromatic rings. The molecule has 0 aliphatic carbocycles. The molecule has 0 radical (unpaired) electrons. The number of alkyl halides is 3. The molecule has 1 aliphatic rings. The second kappa shape index (κ2) is 5.31. The van der Waals surface area contributed by atoms with Crippen LogP contribution in [0.25, 0.3) is 0 Å². The summed E-state index contributed by atoms with van der Waals surface area (Å²) in [6.45, 7) is 2.04. The van der Waals surface area contributed by atoms with E-state index in [1.54, 1.807) is 6.07 Å². The Morgan fingerprint density at radius 3 is 2.65 bits per heavy atom. The van der Waals surface area contributed by atoms with E-state index in [1.807, 2.05) is 11.8 Å². The van der Waals surface area contributed by atoms with Crippen LogP contribution in [-0.4, -0.2) is 24.1 Å². The zero-order valence-electron chi connectivity index (χ0n) is 9.26. The van der Waals surface area contributed by atoms with Gasteiger partial charge in [-0.25, -0.2) is 0 Å². The van der Waals surface area contributed by atoms with Crippen molar-refractivity contribution in [2.24, 2.45) is 0 Å². The summed E-state index contributed by atoms with van der Waals surface area (Å²) in [5.74, 6) is 0.883. The minimum Gasteiger partial charge on any atom is -0.314 e. The van der Waals surface area contributed by atoms with Crippen molar-refractivity contribution in [1.82, 2.24) is 5.32 Å². The highest BCUT2D eigenvalue weighted by atomic mass is 32.2. The van der Waals surface area contributed by atoms with Gasteiger partial charge in [-0.1, -0.05) is 18.2 Å². The van der Waals surface area contributed by atoms with E-state index >= 15 is 0 Å². The normalized spacial score (nSPS) is 16.9. The zero-order chi connectivity index (χ0) is 12.3. The highest BCUT2D eigenvalue weighted by Gasteiger charge is 2.30. The molecular weight excluding hydrogens is 247 g/mol. The summed E-state index contributed by atoms with van der Waals surface area (Å²) in [7, 11) is 0. The SMILES string of the molecule is FC(F)(F)c1cccc(CCSC2CNC2)c1. The minimum absolute atomic E-state index is 0.551. The average molecular weight is 261 g/mol. The quantitative estimate of drug-likeness (QED) is 0.894. The second-order valence-electron chi connectivity index (χ2n) is 4.10. The maximum absolute atomic E-state index is 12.5. The van der Waals surface area contributed by atoms with E-state index in [-0.39, 0.29) is 0 Å². The van der Waals surface area contributed by atoms with Crippen LogP contribution >= 0.6 is 11.8 Å². The minimum atomic E-state index is -4.24. The molecule has 0 amide bonds. The lowest BCUT2D eigenvalue weighted by molar-refractivity contribution is -0.137. The maximum atomic E-state index is 12.5. The molecule has 94 valence electrons. The average Bonchev–Trinajstić information content (AvgIpc) is 2.21. The fourth-order valence-electron chi connectivity index (χ4n) is 1.63. The Labute approximate surface area is 103 Å². The van der Waals surface area contributed by atoms with Crippen molar-refractivity contribution in [3.63, 3.8) is 0 Å². The first kappa shape index (κ1) is 12.8. The molecule has 0 saturated carbocycles. The molecule has 1 nitrogen and oxygen atoms in total. The molecule has 1 aliphatic heterocycles. The Morgan fingerprint density at radius 1 is 1.29 bits per heavy atom. The lowest BCUT2D eigenvalue weighted by Gasteiger charge is -2.26. The smallest absolute Gasteiger partial charge is 0.314 e. The van der Waals surface area contributed by atoms with Crippen molar-refractivity contribution in [2.45, 2.75) is 17.8 Å². The Kier molecular flexibility index (Phi) is 3.99. The number of rotatable bonds is 4. The monoisotopic (exact) mass is 261 g/mol. The topological polar surface area (TPSA) is 12.0 Å². The summed E-state index contributed by atoms with van der Waals surface area (Å²) >= 11 is 1.83. The third kappa shape index (κ3) is 3.64. The van der Waals surface area contributed by atoms with Crippen molar-refractivity contribution in [1.29, 1.82) is 0 Å². The number of halogens is 3. The molecule has 0 spiro atoms. The van der Waals surface area contributed by atoms with Crippen LogP contribution in [0.1, 0.15) is 11.1 Å². The van der Waals surface area contributed by atoms with Gasteiger partial charge in [0, 0.05) is 18.3 Å². The molecule has 0 aromatic heterocycles. The molecule has 1 fully saturated rings. The van der Waals surface area contributed by atoms with Gasteiger partial charge in [0.25, 0.3) is 0 Å². The Bertz CT molecular complexity index is 374. The summed E-state index contributed by atoms with van der Waals surface area (Å²) in [6, 6.07) is 5.61. The van der Waals surface area contributed by atoms with Gasteiger partial charge in [-0.15, -0.1) is 0 Å². The lowest BCUT2D eigenvalue weighted by atomic mass is 10.1. The number of hydrogen-bond acceptors (Lipinski definition) is 2. The molecule has 1 heterocycles. The standard InChI is InChI=1S/C12H14F3NS/c13-12(14,15)10-3-1-2-9(6-10)4-5-17-11-7-16-8-11/h1-3,6,11,16H,4-5,7-8H2. The molecule has 0 atom stereocenters. The van der Waals surface area contributed by atoms with Gasteiger partial charge in [0.15, 0.2) is 0 Å². The van der Waals surface area contributed by atoms with Gasteiger partial charge >= 0.3 is 6.18 Å². The number of hydrogen-bond donors (Lipinski definition) is 1. The van der Waals surface area contributed by atoms with Crippen LogP contribution in [0.4, 0.5) is 13.2 Å². The van der Waals surface area contributed by atoms with Crippen LogP contribution in [-0.2, 0) is 12.6 Å². The lowest BCUT2D eigenvalue weighted by Crippen LogP contribution is -2.44. The van der Waals surface area contributed by atoms with Crippen LogP contribution in [0, 0.1) is 0 Å². The van der Waals surface area contributed by atoms with Gasteiger partial charge in [0.05, 0.1) is 5.56 Å². The van der Waals surface area contributed by atoms with Crippen molar-refractivity contribution in [3.05, 3.63) is 35.4 Å². The van der Waals surface area contributed by atoms with Crippen LogP contribution < -0.4 is 5.32 Å². The summed E-state index contributed by atoms with van der Waals surface area (Å²) < 4.78 is 37.4. The summed E-state index contributed by atoms with van der Waals surface area (Å²) in [6.07, 6.45) is -3.54. The van der Waals surface area contributed by atoms with Gasteiger partial charge in [-0.05, 0) is 23.8 Å². The third-order valence-corrected chi connectivity index (χ3v) is 3.99. The molecule has 0 unspecified atom stereocenters. The summed E-state index contributed by atoms with van der Waals surface area (Å²) in [5.41, 5.74) is 0.213. The number of nitrogens with one attached hydrogen (secondary N) is 1. The van der Waals surface area contributed by atoms with Crippen molar-refractivity contribution >= 4 is 11.8 Å². The summed E-state index contributed by atoms with van der Waals surface area (Å²) in [4.78, 5) is 0. The van der Waals surface area contributed by atoms with Crippen molar-refractivity contribution < 1.29 is 13.2 Å². The van der Waals surface area contributed by atoms with E-state index in [0.29, 0.717) is 11.7 Å². The maximum Gasteiger partial charge on any atom is 0.416 e. The van der Waals surface area contributed by atoms with E-state index in [2.05, 4.69) is 5.32 Å². The van der Waals surface area contributed by atoms with E-state index in [4.69, 9.17) is 0 Å². The molecule has 0 bridgehead atoms. The Balaban J connectivity index is 1.87.